The Bertz CT molecular complexity index is 786. The highest BCUT2D eigenvalue weighted by molar-refractivity contribution is 5.84. The fourth-order valence-electron chi connectivity index (χ4n) is 4.34. The smallest absolute Gasteiger partial charge is 0.227 e. The first-order valence-electron chi connectivity index (χ1n) is 10.1. The van der Waals surface area contributed by atoms with Crippen LogP contribution in [0.25, 0.3) is 0 Å². The molecule has 5 nitrogen and oxygen atoms in total. The Morgan fingerprint density at radius 1 is 1.22 bits per heavy atom. The van der Waals surface area contributed by atoms with Crippen LogP contribution in [0, 0.1) is 19.8 Å². The molecule has 2 aromatic rings. The maximum absolute atomic E-state index is 12.6. The quantitative estimate of drug-likeness (QED) is 0.880. The molecule has 1 amide bonds. The highest BCUT2D eigenvalue weighted by Gasteiger charge is 2.29. The van der Waals surface area contributed by atoms with E-state index in [1.807, 2.05) is 19.9 Å². The van der Waals surface area contributed by atoms with E-state index in [0.717, 1.165) is 69.2 Å². The normalized spacial score (nSPS) is 20.6. The fraction of sp³-hybridized carbons (Fsp3) is 0.545. The molecule has 0 spiro atoms. The highest BCUT2D eigenvalue weighted by atomic mass is 16.4. The number of fused-ring (bicyclic) bond motifs is 1. The number of hydrogen-bond donors (Lipinski definition) is 1. The summed E-state index contributed by atoms with van der Waals surface area (Å²) in [6, 6.07) is 8.36. The number of piperidine rings is 1. The van der Waals surface area contributed by atoms with E-state index < -0.39 is 0 Å². The number of likely N-dealkylation sites (tertiary alicyclic amines) is 1. The van der Waals surface area contributed by atoms with Crippen LogP contribution in [0.5, 0.6) is 0 Å². The largest absolute Gasteiger partial charge is 0.444 e. The van der Waals surface area contributed by atoms with E-state index in [-0.39, 0.29) is 11.8 Å². The first-order chi connectivity index (χ1) is 13.1. The van der Waals surface area contributed by atoms with Crippen molar-refractivity contribution < 1.29 is 9.21 Å². The Morgan fingerprint density at radius 3 is 2.74 bits per heavy atom. The molecular weight excluding hydrogens is 338 g/mol. The van der Waals surface area contributed by atoms with Crippen LogP contribution in [0.3, 0.4) is 0 Å². The summed E-state index contributed by atoms with van der Waals surface area (Å²) in [7, 11) is 0. The Labute approximate surface area is 161 Å². The van der Waals surface area contributed by atoms with Crippen molar-refractivity contribution in [2.24, 2.45) is 5.92 Å². The zero-order valence-electron chi connectivity index (χ0n) is 16.3. The lowest BCUT2D eigenvalue weighted by Gasteiger charge is -2.31. The molecule has 1 unspecified atom stereocenters. The van der Waals surface area contributed by atoms with Crippen LogP contribution < -0.4 is 5.32 Å². The number of oxazole rings is 1. The van der Waals surface area contributed by atoms with Crippen LogP contribution >= 0.6 is 0 Å². The molecule has 1 N–H and O–H groups in total. The van der Waals surface area contributed by atoms with Crippen molar-refractivity contribution in [3.05, 3.63) is 52.7 Å². The second-order valence-corrected chi connectivity index (χ2v) is 8.00. The molecule has 0 radical (unpaired) electrons. The fourth-order valence-corrected chi connectivity index (χ4v) is 4.34. The number of aryl methyl sites for hydroxylation is 3. The molecule has 5 heteroatoms. The first kappa shape index (κ1) is 18.2. The van der Waals surface area contributed by atoms with Crippen LogP contribution in [-0.4, -0.2) is 35.4 Å². The summed E-state index contributed by atoms with van der Waals surface area (Å²) in [4.78, 5) is 19.5. The summed E-state index contributed by atoms with van der Waals surface area (Å²) in [6.07, 6.45) is 4.19. The topological polar surface area (TPSA) is 58.4 Å². The Morgan fingerprint density at radius 2 is 2.00 bits per heavy atom. The van der Waals surface area contributed by atoms with E-state index in [2.05, 4.69) is 33.4 Å². The molecule has 27 heavy (non-hydrogen) atoms. The van der Waals surface area contributed by atoms with E-state index in [1.54, 1.807) is 0 Å². The molecule has 2 aliphatic rings. The number of nitrogens with zero attached hydrogens (tertiary/aromatic N) is 2. The van der Waals surface area contributed by atoms with Gasteiger partial charge >= 0.3 is 0 Å². The molecule has 1 saturated heterocycles. The molecule has 4 rings (SSSR count). The van der Waals surface area contributed by atoms with Gasteiger partial charge in [0.1, 0.15) is 5.76 Å². The molecule has 1 aromatic heterocycles. The van der Waals surface area contributed by atoms with Crippen molar-refractivity contribution >= 4 is 5.91 Å². The molecule has 2 heterocycles. The number of nitrogens with one attached hydrogen (secondary N) is 1. The maximum Gasteiger partial charge on any atom is 0.227 e. The van der Waals surface area contributed by atoms with Crippen molar-refractivity contribution in [2.75, 3.05) is 19.6 Å². The van der Waals surface area contributed by atoms with Gasteiger partial charge in [0.25, 0.3) is 0 Å². The number of benzene rings is 1. The van der Waals surface area contributed by atoms with E-state index in [9.17, 15) is 4.79 Å². The predicted molar refractivity (Wildman–Crippen MR) is 104 cm³/mol. The molecule has 0 saturated carbocycles. The van der Waals surface area contributed by atoms with Crippen LogP contribution in [0.1, 0.15) is 53.7 Å². The zero-order chi connectivity index (χ0) is 18.8. The van der Waals surface area contributed by atoms with Gasteiger partial charge in [-0.15, -0.1) is 0 Å². The molecule has 1 aromatic carbocycles. The summed E-state index contributed by atoms with van der Waals surface area (Å²) in [5.41, 5.74) is 3.54. The van der Waals surface area contributed by atoms with Crippen molar-refractivity contribution in [1.82, 2.24) is 15.2 Å². The van der Waals surface area contributed by atoms with E-state index in [1.165, 1.54) is 11.1 Å². The van der Waals surface area contributed by atoms with Gasteiger partial charge < -0.3 is 9.73 Å². The van der Waals surface area contributed by atoms with Crippen LogP contribution in [0.15, 0.2) is 28.7 Å². The number of amides is 1. The van der Waals surface area contributed by atoms with Crippen molar-refractivity contribution in [3.63, 3.8) is 0 Å². The van der Waals surface area contributed by atoms with Gasteiger partial charge in [0.05, 0.1) is 18.2 Å². The number of carbonyl (C=O) groups excluding carboxylic acids is 1. The summed E-state index contributed by atoms with van der Waals surface area (Å²) in [5, 5.41) is 3.22. The second kappa shape index (κ2) is 7.85. The predicted octanol–water partition coefficient (Wildman–Crippen LogP) is 3.35. The summed E-state index contributed by atoms with van der Waals surface area (Å²) >= 11 is 0. The molecule has 1 atom stereocenters. The lowest BCUT2D eigenvalue weighted by molar-refractivity contribution is -0.122. The number of aromatic nitrogens is 1. The van der Waals surface area contributed by atoms with E-state index >= 15 is 0 Å². The number of carbonyl (C=O) groups is 1. The minimum Gasteiger partial charge on any atom is -0.444 e. The minimum absolute atomic E-state index is 0.0396. The Kier molecular flexibility index (Phi) is 5.30. The molecule has 1 aliphatic heterocycles. The monoisotopic (exact) mass is 367 g/mol. The maximum atomic E-state index is 12.6. The number of hydrogen-bond acceptors (Lipinski definition) is 4. The average Bonchev–Trinajstić information content (AvgIpc) is 3.24. The number of rotatable bonds is 5. The highest BCUT2D eigenvalue weighted by Crippen LogP contribution is 2.33. The van der Waals surface area contributed by atoms with Gasteiger partial charge in [0.2, 0.25) is 11.8 Å². The minimum atomic E-state index is 0.0396. The molecule has 0 bridgehead atoms. The first-order valence-corrected chi connectivity index (χ1v) is 10.1. The van der Waals surface area contributed by atoms with Crippen molar-refractivity contribution in [1.29, 1.82) is 0 Å². The standard InChI is InChI=1S/C22H29N3O2/c1-15-16(2)27-21(24-15)14-25-11-9-17(10-12-25)13-23-22(26)20-8-7-18-5-3-4-6-19(18)20/h3-6,17,20H,7-14H2,1-2H3,(H,23,26). The van der Waals surface area contributed by atoms with Crippen LogP contribution in [0.2, 0.25) is 0 Å². The third kappa shape index (κ3) is 4.08. The third-order valence-corrected chi connectivity index (χ3v) is 6.15. The van der Waals surface area contributed by atoms with Gasteiger partial charge in [0.15, 0.2) is 0 Å². The Balaban J connectivity index is 1.22. The Hall–Kier alpha value is -2.14. The lowest BCUT2D eigenvalue weighted by Crippen LogP contribution is -2.39. The van der Waals surface area contributed by atoms with Gasteiger partial charge in [-0.05, 0) is 69.7 Å². The average molecular weight is 367 g/mol. The zero-order valence-corrected chi connectivity index (χ0v) is 16.3. The van der Waals surface area contributed by atoms with Crippen LogP contribution in [0.4, 0.5) is 0 Å². The summed E-state index contributed by atoms with van der Waals surface area (Å²) in [6.45, 7) is 7.60. The van der Waals surface area contributed by atoms with Crippen molar-refractivity contribution in [3.8, 4) is 0 Å². The summed E-state index contributed by atoms with van der Waals surface area (Å²) < 4.78 is 5.70. The van der Waals surface area contributed by atoms with Gasteiger partial charge in [-0.2, -0.15) is 0 Å². The molecule has 1 aliphatic carbocycles. The second-order valence-electron chi connectivity index (χ2n) is 8.00. The van der Waals surface area contributed by atoms with Crippen molar-refractivity contribution in [2.45, 2.75) is 52.0 Å². The van der Waals surface area contributed by atoms with Gasteiger partial charge in [-0.1, -0.05) is 24.3 Å². The lowest BCUT2D eigenvalue weighted by atomic mass is 9.95. The van der Waals surface area contributed by atoms with E-state index in [0.29, 0.717) is 5.92 Å². The molecular formula is C22H29N3O2. The van der Waals surface area contributed by atoms with Gasteiger partial charge in [-0.3, -0.25) is 9.69 Å². The molecule has 1 fully saturated rings. The summed E-state index contributed by atoms with van der Waals surface area (Å²) in [5.74, 6) is 2.54. The third-order valence-electron chi connectivity index (χ3n) is 6.15. The van der Waals surface area contributed by atoms with Gasteiger partial charge in [0, 0.05) is 6.54 Å². The SMILES string of the molecule is Cc1nc(CN2CCC(CNC(=O)C3CCc4ccccc43)CC2)oc1C. The van der Waals surface area contributed by atoms with Crippen LogP contribution in [-0.2, 0) is 17.8 Å². The van der Waals surface area contributed by atoms with E-state index in [4.69, 9.17) is 4.42 Å². The van der Waals surface area contributed by atoms with Gasteiger partial charge in [-0.25, -0.2) is 4.98 Å². The molecule has 144 valence electrons.